The van der Waals surface area contributed by atoms with E-state index in [4.69, 9.17) is 29.1 Å². The molecule has 37 valence electrons. The van der Waals surface area contributed by atoms with Crippen molar-refractivity contribution in [1.29, 1.82) is 0 Å². The molecular weight excluding hydrogens is 238 g/mol. The molecule has 0 amide bonds. The van der Waals surface area contributed by atoms with E-state index in [1.54, 1.807) is 0 Å². The monoisotopic (exact) mass is 241 g/mol. The molecule has 1 atom stereocenters. The maximum atomic E-state index is 4.95. The summed E-state index contributed by atoms with van der Waals surface area (Å²) in [6.45, 7) is 0. The van der Waals surface area contributed by atoms with Crippen molar-refractivity contribution >= 4 is 39.0 Å². The third kappa shape index (κ3) is 24.6. The second-order valence-electron chi connectivity index (χ2n) is 0.152. The van der Waals surface area contributed by atoms with Crippen LogP contribution in [-0.2, 0) is 13.0 Å². The molecule has 0 saturated carbocycles. The zero-order chi connectivity index (χ0) is 3.58. The summed E-state index contributed by atoms with van der Waals surface area (Å²) in [6, 6.07) is 0. The van der Waals surface area contributed by atoms with Crippen molar-refractivity contribution in [3.05, 3.63) is 0 Å². The normalized spacial score (nSPS) is 9.00. The van der Waals surface area contributed by atoms with Gasteiger partial charge in [0.15, 0.2) is 0 Å². The van der Waals surface area contributed by atoms with Gasteiger partial charge in [-0.05, 0) is 0 Å². The average Bonchev–Trinajstić information content (AvgIpc) is 0.811. The van der Waals surface area contributed by atoms with E-state index in [0.717, 1.165) is 0 Å². The van der Waals surface area contributed by atoms with Crippen LogP contribution in [0.15, 0.2) is 0 Å². The Morgan fingerprint density at radius 3 is 1.00 bits per heavy atom. The quantitative estimate of drug-likeness (QED) is 0.450. The zero-order valence-electron chi connectivity index (χ0n) is 2.19. The molecule has 0 aromatic heterocycles. The Bertz CT molecular complexity index is 11.6. The first-order valence-electron chi connectivity index (χ1n) is 0.401. The Hall–Kier alpha value is 1.92. The fourth-order valence-corrected chi connectivity index (χ4v) is 0. The van der Waals surface area contributed by atoms with Gasteiger partial charge in [-0.15, -0.1) is 0 Å². The molecule has 0 saturated heterocycles. The number of hydrogen-bond donors (Lipinski definition) is 0. The molecule has 0 aromatic rings. The molecule has 0 heterocycles. The zero-order valence-corrected chi connectivity index (χ0v) is 7.61. The summed E-state index contributed by atoms with van der Waals surface area (Å²) >= 11 is -1.75. The van der Waals surface area contributed by atoms with Gasteiger partial charge in [0.2, 0.25) is 0 Å². The molecule has 5 heavy (non-hydrogen) atoms. The van der Waals surface area contributed by atoms with E-state index in [0.29, 0.717) is 0 Å². The summed E-state index contributed by atoms with van der Waals surface area (Å²) in [5.41, 5.74) is 0. The van der Waals surface area contributed by atoms with E-state index >= 15 is 0 Å². The number of halogens is 3. The van der Waals surface area contributed by atoms with E-state index in [1.165, 1.54) is 0 Å². The van der Waals surface area contributed by atoms with Crippen LogP contribution in [0.2, 0.25) is 0 Å². The predicted octanol–water partition coefficient (Wildman–Crippen LogP) is 2.12. The standard InChI is InChI=1S/3ClH.H3P.Ru/h3*1H;1H3;/q;;;;+3/p-3. The Kier molecular flexibility index (Phi) is 11.9. The summed E-state index contributed by atoms with van der Waals surface area (Å²) in [5.74, 6) is 0. The second kappa shape index (κ2) is 5.92. The van der Waals surface area contributed by atoms with E-state index in [-0.39, 0.29) is 9.90 Å². The van der Waals surface area contributed by atoms with E-state index < -0.39 is 13.0 Å². The second-order valence-corrected chi connectivity index (χ2v) is 8.07. The first-order chi connectivity index (χ1) is 1.73. The van der Waals surface area contributed by atoms with E-state index in [1.807, 2.05) is 0 Å². The van der Waals surface area contributed by atoms with Crippen LogP contribution in [0.3, 0.4) is 0 Å². The summed E-state index contributed by atoms with van der Waals surface area (Å²) in [5, 5.41) is 0. The van der Waals surface area contributed by atoms with Gasteiger partial charge in [0.25, 0.3) is 0 Å². The van der Waals surface area contributed by atoms with Crippen LogP contribution in [-0.4, -0.2) is 0 Å². The number of hydrogen-bond acceptors (Lipinski definition) is 0. The van der Waals surface area contributed by atoms with Gasteiger partial charge in [-0.3, -0.25) is 0 Å². The van der Waals surface area contributed by atoms with Crippen LogP contribution in [0.25, 0.3) is 0 Å². The van der Waals surface area contributed by atoms with Crippen LogP contribution in [0, 0.1) is 0 Å². The molecule has 0 spiro atoms. The maximum absolute atomic E-state index is 4.95. The van der Waals surface area contributed by atoms with Crippen LogP contribution in [0.4, 0.5) is 0 Å². The molecular formula is H3Cl3PRu. The van der Waals surface area contributed by atoms with Crippen molar-refractivity contribution in [2.45, 2.75) is 0 Å². The van der Waals surface area contributed by atoms with Crippen molar-refractivity contribution in [3.63, 3.8) is 0 Å². The Morgan fingerprint density at radius 2 is 1.00 bits per heavy atom. The molecule has 5 heteroatoms. The summed E-state index contributed by atoms with van der Waals surface area (Å²) in [7, 11) is 14.8. The van der Waals surface area contributed by atoms with Gasteiger partial charge in [-0.25, -0.2) is 0 Å². The first-order valence-corrected chi connectivity index (χ1v) is 7.12. The topological polar surface area (TPSA) is 0 Å². The van der Waals surface area contributed by atoms with Gasteiger partial charge in [-0.1, -0.05) is 0 Å². The molecule has 0 radical (unpaired) electrons. The van der Waals surface area contributed by atoms with Crippen LogP contribution >= 0.6 is 39.0 Å². The fraction of sp³-hybridized carbons (Fsp3) is 0. The number of rotatable bonds is 0. The van der Waals surface area contributed by atoms with E-state index in [9.17, 15) is 0 Å². The average molecular weight is 241 g/mol. The van der Waals surface area contributed by atoms with Gasteiger partial charge in [0.05, 0.1) is 0 Å². The molecule has 0 aliphatic rings. The third-order valence-corrected chi connectivity index (χ3v) is 0. The van der Waals surface area contributed by atoms with Crippen LogP contribution in [0.5, 0.6) is 0 Å². The Balaban J connectivity index is 0. The van der Waals surface area contributed by atoms with Crippen molar-refractivity contribution in [3.8, 4) is 0 Å². The molecule has 0 aliphatic heterocycles. The first kappa shape index (κ1) is 10.0. The summed E-state index contributed by atoms with van der Waals surface area (Å²) in [4.78, 5) is 0. The molecule has 1 unspecified atom stereocenters. The molecule has 0 N–H and O–H groups in total. The molecule has 0 aromatic carbocycles. The van der Waals surface area contributed by atoms with Crippen molar-refractivity contribution in [1.82, 2.24) is 0 Å². The van der Waals surface area contributed by atoms with Crippen molar-refractivity contribution < 1.29 is 13.0 Å². The van der Waals surface area contributed by atoms with Gasteiger partial charge in [-0.2, -0.15) is 9.90 Å². The predicted molar refractivity (Wildman–Crippen MR) is 28.7 cm³/mol. The van der Waals surface area contributed by atoms with Gasteiger partial charge in [0.1, 0.15) is 0 Å². The molecule has 0 aliphatic carbocycles. The molecule has 0 fully saturated rings. The van der Waals surface area contributed by atoms with Gasteiger partial charge >= 0.3 is 42.1 Å². The third-order valence-electron chi connectivity index (χ3n) is 0. The molecule has 0 nitrogen and oxygen atoms in total. The minimum absolute atomic E-state index is 0. The molecule has 0 bridgehead atoms. The summed E-state index contributed by atoms with van der Waals surface area (Å²) in [6.07, 6.45) is 0. The Labute approximate surface area is 51.8 Å². The fourth-order valence-electron chi connectivity index (χ4n) is 0. The van der Waals surface area contributed by atoms with Crippen molar-refractivity contribution in [2.24, 2.45) is 0 Å². The Morgan fingerprint density at radius 1 is 1.00 bits per heavy atom. The minimum atomic E-state index is -1.75. The van der Waals surface area contributed by atoms with E-state index in [2.05, 4.69) is 0 Å². The summed E-state index contributed by atoms with van der Waals surface area (Å²) < 4.78 is 0. The van der Waals surface area contributed by atoms with Crippen molar-refractivity contribution in [2.75, 3.05) is 0 Å². The SMILES string of the molecule is P.[Cl][Ru]([Cl])[Cl]. The van der Waals surface area contributed by atoms with Gasteiger partial charge in [0, 0.05) is 0 Å². The van der Waals surface area contributed by atoms with Gasteiger partial charge < -0.3 is 0 Å². The molecule has 0 rings (SSSR count). The van der Waals surface area contributed by atoms with Crippen LogP contribution in [0.1, 0.15) is 0 Å². The van der Waals surface area contributed by atoms with Crippen LogP contribution < -0.4 is 0 Å².